The molecule has 0 amide bonds. The van der Waals surface area contributed by atoms with Crippen LogP contribution in [-0.2, 0) is 19.6 Å². The van der Waals surface area contributed by atoms with Crippen molar-refractivity contribution in [2.24, 2.45) is 5.92 Å². The predicted octanol–water partition coefficient (Wildman–Crippen LogP) is 4.09. The molecular formula is C15H22F9NO4S. The van der Waals surface area contributed by atoms with E-state index >= 15 is 0 Å². The molecule has 0 aromatic rings. The lowest BCUT2D eigenvalue weighted by atomic mass is 9.86. The van der Waals surface area contributed by atoms with E-state index < -0.39 is 77.4 Å². The first-order valence-corrected chi connectivity index (χ1v) is 10.1. The number of methoxy groups -OCH3 is 1. The lowest BCUT2D eigenvalue weighted by molar-refractivity contribution is -0.290. The highest BCUT2D eigenvalue weighted by atomic mass is 32.2. The number of rotatable bonds is 11. The zero-order valence-electron chi connectivity index (χ0n) is 16.2. The zero-order valence-corrected chi connectivity index (χ0v) is 17.0. The molecular weight excluding hydrogens is 461 g/mol. The van der Waals surface area contributed by atoms with E-state index in [0.29, 0.717) is 4.31 Å². The van der Waals surface area contributed by atoms with Crippen LogP contribution in [0.25, 0.3) is 0 Å². The molecule has 0 saturated carbocycles. The summed E-state index contributed by atoms with van der Waals surface area (Å²) in [6.45, 7) is 0.125. The molecule has 0 heterocycles. The molecule has 2 atom stereocenters. The van der Waals surface area contributed by atoms with Gasteiger partial charge < -0.3 is 4.74 Å². The van der Waals surface area contributed by atoms with Crippen molar-refractivity contribution >= 4 is 16.0 Å². The molecule has 0 bridgehead atoms. The maximum absolute atomic E-state index is 13.9. The first kappa shape index (κ1) is 28.8. The van der Waals surface area contributed by atoms with Crippen molar-refractivity contribution in [1.29, 1.82) is 0 Å². The van der Waals surface area contributed by atoms with Crippen LogP contribution in [0, 0.1) is 5.92 Å². The van der Waals surface area contributed by atoms with Crippen molar-refractivity contribution in [3.8, 4) is 0 Å². The van der Waals surface area contributed by atoms with Crippen LogP contribution in [0.3, 0.4) is 0 Å². The Bertz CT molecular complexity index is 647. The molecule has 0 aliphatic carbocycles. The molecule has 0 aromatic heterocycles. The van der Waals surface area contributed by atoms with Crippen LogP contribution < -0.4 is 0 Å². The smallest absolute Gasteiger partial charge is 0.453 e. The Morgan fingerprint density at radius 1 is 0.967 bits per heavy atom. The number of hydrogen-bond donors (Lipinski definition) is 0. The summed E-state index contributed by atoms with van der Waals surface area (Å²) in [4.78, 5) is 11.2. The molecule has 0 radical (unpaired) electrons. The third-order valence-corrected chi connectivity index (χ3v) is 6.21. The number of nitrogens with zero attached hydrogens (tertiary/aromatic N) is 1. The first-order valence-electron chi connectivity index (χ1n) is 8.45. The standard InChI is InChI=1S/C15H22F9NO4S/c1-4-25(9-11(26)29-3)30(27,28)6-5-10(7-12(2,16)14(19,20)21)8-13(17,18)15(22,23)24/h10H,4-9H2,1-3H3. The maximum Gasteiger partial charge on any atom is 0.453 e. The largest absolute Gasteiger partial charge is 0.468 e. The third-order valence-electron chi connectivity index (χ3n) is 4.29. The fourth-order valence-corrected chi connectivity index (χ4v) is 4.06. The normalized spacial score (nSPS) is 17.0. The lowest BCUT2D eigenvalue weighted by Gasteiger charge is -2.31. The zero-order chi connectivity index (χ0) is 24.2. The molecule has 0 aliphatic heterocycles. The molecule has 0 aromatic carbocycles. The SMILES string of the molecule is CCN(CC(=O)OC)S(=O)(=O)CCC(CC(C)(F)C(F)(F)F)CC(F)(F)C(F)(F)F. The van der Waals surface area contributed by atoms with Gasteiger partial charge in [-0.05, 0) is 25.7 Å². The summed E-state index contributed by atoms with van der Waals surface area (Å²) in [7, 11) is -3.51. The Balaban J connectivity index is 5.65. The second-order valence-corrected chi connectivity index (χ2v) is 8.87. The highest BCUT2D eigenvalue weighted by molar-refractivity contribution is 7.89. The van der Waals surface area contributed by atoms with E-state index in [1.165, 1.54) is 6.92 Å². The van der Waals surface area contributed by atoms with Crippen LogP contribution in [0.1, 0.15) is 33.1 Å². The number of hydrogen-bond acceptors (Lipinski definition) is 4. The lowest BCUT2D eigenvalue weighted by Crippen LogP contribution is -2.44. The molecule has 0 aliphatic rings. The monoisotopic (exact) mass is 483 g/mol. The Kier molecular flexibility index (Phi) is 9.50. The molecule has 5 nitrogen and oxygen atoms in total. The Hall–Kier alpha value is -1.25. The van der Waals surface area contributed by atoms with Crippen LogP contribution in [0.15, 0.2) is 0 Å². The van der Waals surface area contributed by atoms with Crippen LogP contribution >= 0.6 is 0 Å². The molecule has 0 rings (SSSR count). The summed E-state index contributed by atoms with van der Waals surface area (Å²) in [6.07, 6.45) is -16.8. The highest BCUT2D eigenvalue weighted by Crippen LogP contribution is 2.45. The van der Waals surface area contributed by atoms with Crippen molar-refractivity contribution < 1.29 is 57.5 Å². The summed E-state index contributed by atoms with van der Waals surface area (Å²) < 4.78 is 145. The molecule has 30 heavy (non-hydrogen) atoms. The van der Waals surface area contributed by atoms with Gasteiger partial charge in [0.25, 0.3) is 0 Å². The van der Waals surface area contributed by atoms with Gasteiger partial charge in [-0.25, -0.2) is 12.8 Å². The molecule has 15 heteroatoms. The second-order valence-electron chi connectivity index (χ2n) is 6.78. The second kappa shape index (κ2) is 9.92. The minimum absolute atomic E-state index is 0.0319. The number of halogens is 9. The minimum atomic E-state index is -6.12. The van der Waals surface area contributed by atoms with Crippen LogP contribution in [0.2, 0.25) is 0 Å². The van der Waals surface area contributed by atoms with Crippen LogP contribution in [0.4, 0.5) is 39.5 Å². The topological polar surface area (TPSA) is 63.7 Å². The highest BCUT2D eigenvalue weighted by Gasteiger charge is 2.60. The predicted molar refractivity (Wildman–Crippen MR) is 87.0 cm³/mol. The molecule has 180 valence electrons. The first-order chi connectivity index (χ1) is 13.2. The fourth-order valence-electron chi connectivity index (χ4n) is 2.47. The van der Waals surface area contributed by atoms with E-state index in [9.17, 15) is 52.7 Å². The van der Waals surface area contributed by atoms with Gasteiger partial charge in [0.15, 0.2) is 0 Å². The summed E-state index contributed by atoms with van der Waals surface area (Å²) in [6, 6.07) is 0. The van der Waals surface area contributed by atoms with Gasteiger partial charge in [0.05, 0.1) is 12.9 Å². The van der Waals surface area contributed by atoms with Crippen LogP contribution in [-0.4, -0.2) is 68.6 Å². The number of carbonyl (C=O) groups is 1. The van der Waals surface area contributed by atoms with E-state index in [2.05, 4.69) is 4.74 Å². The maximum atomic E-state index is 13.9. The van der Waals surface area contributed by atoms with Crippen molar-refractivity contribution in [3.05, 3.63) is 0 Å². The molecule has 0 N–H and O–H groups in total. The average molecular weight is 483 g/mol. The van der Waals surface area contributed by atoms with Crippen LogP contribution in [0.5, 0.6) is 0 Å². The Labute approximate surface area is 167 Å². The third kappa shape index (κ3) is 8.12. The fraction of sp³-hybridized carbons (Fsp3) is 0.933. The van der Waals surface area contributed by atoms with Gasteiger partial charge in [-0.2, -0.15) is 39.4 Å². The number of likely N-dealkylation sites (N-methyl/N-ethyl adjacent to an activating group) is 1. The van der Waals surface area contributed by atoms with Crippen molar-refractivity contribution in [3.63, 3.8) is 0 Å². The van der Waals surface area contributed by atoms with Gasteiger partial charge in [0.2, 0.25) is 15.7 Å². The van der Waals surface area contributed by atoms with E-state index in [1.54, 1.807) is 0 Å². The summed E-state index contributed by atoms with van der Waals surface area (Å²) in [5.41, 5.74) is -4.13. The van der Waals surface area contributed by atoms with Crippen molar-refractivity contribution in [1.82, 2.24) is 4.31 Å². The molecule has 0 fully saturated rings. The van der Waals surface area contributed by atoms with Gasteiger partial charge in [-0.1, -0.05) is 6.92 Å². The Morgan fingerprint density at radius 2 is 1.47 bits per heavy atom. The quantitative estimate of drug-likeness (QED) is 0.328. The van der Waals surface area contributed by atoms with Crippen molar-refractivity contribution in [2.45, 2.75) is 57.1 Å². The van der Waals surface area contributed by atoms with Gasteiger partial charge in [0.1, 0.15) is 6.54 Å². The number of esters is 1. The summed E-state index contributed by atoms with van der Waals surface area (Å²) in [5.74, 6) is -9.93. The average Bonchev–Trinajstić information content (AvgIpc) is 2.54. The number of ether oxygens (including phenoxy) is 1. The number of carbonyl (C=O) groups excluding carboxylic acids is 1. The molecule has 0 saturated heterocycles. The molecule has 0 spiro atoms. The summed E-state index contributed by atoms with van der Waals surface area (Å²) >= 11 is 0. The van der Waals surface area contributed by atoms with Gasteiger partial charge in [-0.3, -0.25) is 4.79 Å². The minimum Gasteiger partial charge on any atom is -0.468 e. The number of alkyl halides is 9. The number of sulfonamides is 1. The van der Waals surface area contributed by atoms with E-state index in [0.717, 1.165) is 7.11 Å². The van der Waals surface area contributed by atoms with E-state index in [1.807, 2.05) is 0 Å². The molecule has 2 unspecified atom stereocenters. The van der Waals surface area contributed by atoms with Gasteiger partial charge in [-0.15, -0.1) is 0 Å². The van der Waals surface area contributed by atoms with E-state index in [4.69, 9.17) is 0 Å². The van der Waals surface area contributed by atoms with E-state index in [-0.39, 0.29) is 13.5 Å². The van der Waals surface area contributed by atoms with Gasteiger partial charge >= 0.3 is 24.2 Å². The van der Waals surface area contributed by atoms with Gasteiger partial charge in [0, 0.05) is 13.0 Å². The Morgan fingerprint density at radius 3 is 1.83 bits per heavy atom. The summed E-state index contributed by atoms with van der Waals surface area (Å²) in [5, 5.41) is 0. The van der Waals surface area contributed by atoms with Crippen molar-refractivity contribution in [2.75, 3.05) is 26.0 Å².